The molecule has 0 spiro atoms. The predicted octanol–water partition coefficient (Wildman–Crippen LogP) is 1.15. The molecule has 0 aromatic carbocycles. The molecule has 0 bridgehead atoms. The van der Waals surface area contributed by atoms with Gasteiger partial charge in [0.2, 0.25) is 0 Å². The Morgan fingerprint density at radius 1 is 1.64 bits per heavy atom. The van der Waals surface area contributed by atoms with Crippen molar-refractivity contribution < 1.29 is 9.53 Å². The van der Waals surface area contributed by atoms with Crippen molar-refractivity contribution in [1.82, 2.24) is 9.55 Å². The highest BCUT2D eigenvalue weighted by atomic mass is 16.5. The van der Waals surface area contributed by atoms with E-state index < -0.39 is 0 Å². The van der Waals surface area contributed by atoms with Crippen LogP contribution < -0.4 is 0 Å². The average molecular weight is 194 g/mol. The maximum absolute atomic E-state index is 11.3. The van der Waals surface area contributed by atoms with Gasteiger partial charge in [0.15, 0.2) is 0 Å². The number of carbonyl (C=O) groups is 1. The van der Waals surface area contributed by atoms with Crippen LogP contribution in [0, 0.1) is 6.92 Å². The molecule has 2 heterocycles. The molecule has 0 aliphatic carbocycles. The molecular formula is C10H14N2O2. The highest BCUT2D eigenvalue weighted by Crippen LogP contribution is 2.25. The molecular weight excluding hydrogens is 180 g/mol. The van der Waals surface area contributed by atoms with Crippen LogP contribution in [0.5, 0.6) is 0 Å². The van der Waals surface area contributed by atoms with Gasteiger partial charge < -0.3 is 9.30 Å². The second kappa shape index (κ2) is 3.53. The smallest absolute Gasteiger partial charge is 0.138 e. The molecule has 1 unspecified atom stereocenters. The monoisotopic (exact) mass is 194 g/mol. The van der Waals surface area contributed by atoms with Crippen LogP contribution in [0.15, 0.2) is 6.20 Å². The van der Waals surface area contributed by atoms with Crippen LogP contribution in [0.2, 0.25) is 0 Å². The highest BCUT2D eigenvalue weighted by Gasteiger charge is 2.24. The fraction of sp³-hybridized carbons (Fsp3) is 0.600. The molecule has 1 aliphatic rings. The molecule has 4 heteroatoms. The standard InChI is InChI=1S/C10H14N2O2/c1-7-11-6-9(12(7)2)10-5-8(13)3-4-14-10/h6,10H,3-5H2,1-2H3. The van der Waals surface area contributed by atoms with Crippen molar-refractivity contribution in [2.45, 2.75) is 25.9 Å². The van der Waals surface area contributed by atoms with E-state index >= 15 is 0 Å². The molecule has 2 rings (SSSR count). The van der Waals surface area contributed by atoms with E-state index in [0.717, 1.165) is 11.5 Å². The van der Waals surface area contributed by atoms with E-state index in [1.54, 1.807) is 6.20 Å². The van der Waals surface area contributed by atoms with Gasteiger partial charge in [-0.1, -0.05) is 0 Å². The van der Waals surface area contributed by atoms with E-state index in [9.17, 15) is 4.79 Å². The van der Waals surface area contributed by atoms with Gasteiger partial charge in [-0.25, -0.2) is 4.98 Å². The van der Waals surface area contributed by atoms with Crippen LogP contribution in [0.25, 0.3) is 0 Å². The number of Topliss-reactive ketones (excluding diaryl/α,β-unsaturated/α-hetero) is 1. The normalized spacial score (nSPS) is 22.7. The first-order valence-electron chi connectivity index (χ1n) is 4.80. The molecule has 0 saturated carbocycles. The number of imidazole rings is 1. The predicted molar refractivity (Wildman–Crippen MR) is 50.9 cm³/mol. The summed E-state index contributed by atoms with van der Waals surface area (Å²) in [6.45, 7) is 2.47. The van der Waals surface area contributed by atoms with E-state index in [4.69, 9.17) is 4.74 Å². The van der Waals surface area contributed by atoms with Crippen molar-refractivity contribution in [3.63, 3.8) is 0 Å². The Balaban J connectivity index is 2.22. The SMILES string of the molecule is Cc1ncc(C2CC(=O)CCO2)n1C. The van der Waals surface area contributed by atoms with E-state index in [1.165, 1.54) is 0 Å². The molecule has 4 nitrogen and oxygen atoms in total. The number of aryl methyl sites for hydroxylation is 1. The lowest BCUT2D eigenvalue weighted by molar-refractivity contribution is -0.129. The maximum Gasteiger partial charge on any atom is 0.138 e. The Morgan fingerprint density at radius 3 is 3.00 bits per heavy atom. The molecule has 0 amide bonds. The number of hydrogen-bond donors (Lipinski definition) is 0. The molecule has 1 aliphatic heterocycles. The topological polar surface area (TPSA) is 44.1 Å². The summed E-state index contributed by atoms with van der Waals surface area (Å²) in [4.78, 5) is 15.4. The van der Waals surface area contributed by atoms with Gasteiger partial charge in [0, 0.05) is 19.9 Å². The van der Waals surface area contributed by atoms with Gasteiger partial charge in [-0.05, 0) is 6.92 Å². The second-order valence-electron chi connectivity index (χ2n) is 3.64. The zero-order chi connectivity index (χ0) is 10.1. The van der Waals surface area contributed by atoms with Crippen LogP contribution in [0.4, 0.5) is 0 Å². The Labute approximate surface area is 82.9 Å². The lowest BCUT2D eigenvalue weighted by Gasteiger charge is -2.22. The minimum Gasteiger partial charge on any atom is -0.371 e. The van der Waals surface area contributed by atoms with Gasteiger partial charge in [0.1, 0.15) is 17.7 Å². The van der Waals surface area contributed by atoms with E-state index in [-0.39, 0.29) is 11.9 Å². The van der Waals surface area contributed by atoms with E-state index in [1.807, 2.05) is 18.5 Å². The van der Waals surface area contributed by atoms with Gasteiger partial charge in [-0.2, -0.15) is 0 Å². The summed E-state index contributed by atoms with van der Waals surface area (Å²) in [5, 5.41) is 0. The molecule has 1 atom stereocenters. The van der Waals surface area contributed by atoms with Crippen molar-refractivity contribution in [3.05, 3.63) is 17.7 Å². The summed E-state index contributed by atoms with van der Waals surface area (Å²) in [5.41, 5.74) is 0.996. The fourth-order valence-electron chi connectivity index (χ4n) is 1.69. The summed E-state index contributed by atoms with van der Waals surface area (Å²) in [6.07, 6.45) is 2.73. The summed E-state index contributed by atoms with van der Waals surface area (Å²) < 4.78 is 7.52. The maximum atomic E-state index is 11.3. The lowest BCUT2D eigenvalue weighted by Crippen LogP contribution is -2.21. The summed E-state index contributed by atoms with van der Waals surface area (Å²) >= 11 is 0. The minimum absolute atomic E-state index is 0.0950. The average Bonchev–Trinajstić information content (AvgIpc) is 2.48. The van der Waals surface area contributed by atoms with Crippen molar-refractivity contribution in [3.8, 4) is 0 Å². The summed E-state index contributed by atoms with van der Waals surface area (Å²) in [7, 11) is 1.94. The van der Waals surface area contributed by atoms with Gasteiger partial charge in [0.05, 0.1) is 18.5 Å². The number of nitrogens with zero attached hydrogens (tertiary/aromatic N) is 2. The van der Waals surface area contributed by atoms with Crippen LogP contribution in [-0.2, 0) is 16.6 Å². The molecule has 1 saturated heterocycles. The Kier molecular flexibility index (Phi) is 2.37. The van der Waals surface area contributed by atoms with E-state index in [0.29, 0.717) is 19.4 Å². The number of rotatable bonds is 1. The Bertz CT molecular complexity index is 357. The summed E-state index contributed by atoms with van der Waals surface area (Å²) in [5.74, 6) is 1.22. The fourth-order valence-corrected chi connectivity index (χ4v) is 1.69. The van der Waals surface area contributed by atoms with Gasteiger partial charge in [0.25, 0.3) is 0 Å². The molecule has 76 valence electrons. The van der Waals surface area contributed by atoms with Crippen LogP contribution in [-0.4, -0.2) is 21.9 Å². The second-order valence-corrected chi connectivity index (χ2v) is 3.64. The van der Waals surface area contributed by atoms with E-state index in [2.05, 4.69) is 4.98 Å². The summed E-state index contributed by atoms with van der Waals surface area (Å²) in [6, 6.07) is 0. The van der Waals surface area contributed by atoms with Crippen LogP contribution >= 0.6 is 0 Å². The number of ketones is 1. The number of carbonyl (C=O) groups excluding carboxylic acids is 1. The van der Waals surface area contributed by atoms with Crippen LogP contribution in [0.3, 0.4) is 0 Å². The van der Waals surface area contributed by atoms with Gasteiger partial charge in [-0.3, -0.25) is 4.79 Å². The Morgan fingerprint density at radius 2 is 2.43 bits per heavy atom. The molecule has 0 radical (unpaired) electrons. The zero-order valence-electron chi connectivity index (χ0n) is 8.49. The molecule has 1 aromatic heterocycles. The van der Waals surface area contributed by atoms with Gasteiger partial charge in [-0.15, -0.1) is 0 Å². The largest absolute Gasteiger partial charge is 0.371 e. The first-order chi connectivity index (χ1) is 6.68. The minimum atomic E-state index is -0.0950. The Hall–Kier alpha value is -1.16. The number of hydrogen-bond acceptors (Lipinski definition) is 3. The first kappa shape index (κ1) is 9.40. The van der Waals surface area contributed by atoms with Crippen molar-refractivity contribution in [1.29, 1.82) is 0 Å². The third-order valence-corrected chi connectivity index (χ3v) is 2.70. The van der Waals surface area contributed by atoms with Gasteiger partial charge >= 0.3 is 0 Å². The van der Waals surface area contributed by atoms with Crippen molar-refractivity contribution >= 4 is 5.78 Å². The van der Waals surface area contributed by atoms with Crippen molar-refractivity contribution in [2.24, 2.45) is 7.05 Å². The molecule has 1 aromatic rings. The third-order valence-electron chi connectivity index (χ3n) is 2.70. The lowest BCUT2D eigenvalue weighted by atomic mass is 10.1. The first-order valence-corrected chi connectivity index (χ1v) is 4.80. The molecule has 1 fully saturated rings. The third kappa shape index (κ3) is 1.57. The van der Waals surface area contributed by atoms with Crippen molar-refractivity contribution in [2.75, 3.05) is 6.61 Å². The highest BCUT2D eigenvalue weighted by molar-refractivity contribution is 5.79. The number of ether oxygens (including phenoxy) is 1. The zero-order valence-corrected chi connectivity index (χ0v) is 8.49. The van der Waals surface area contributed by atoms with Crippen LogP contribution in [0.1, 0.15) is 30.5 Å². The molecule has 0 N–H and O–H groups in total. The molecule has 14 heavy (non-hydrogen) atoms. The number of aromatic nitrogens is 2. The quantitative estimate of drug-likeness (QED) is 0.673.